The Labute approximate surface area is 128 Å². The van der Waals surface area contributed by atoms with Crippen LogP contribution < -0.4 is 5.73 Å². The molecule has 0 radical (unpaired) electrons. The van der Waals surface area contributed by atoms with Crippen molar-refractivity contribution in [3.05, 3.63) is 65.5 Å². The Morgan fingerprint density at radius 3 is 2.27 bits per heavy atom. The highest BCUT2D eigenvalue weighted by Gasteiger charge is 2.22. The van der Waals surface area contributed by atoms with E-state index in [1.165, 1.54) is 49.5 Å². The van der Waals surface area contributed by atoms with E-state index >= 15 is 0 Å². The minimum Gasteiger partial charge on any atom is -0.366 e. The summed E-state index contributed by atoms with van der Waals surface area (Å²) in [5.74, 6) is -1.10. The summed E-state index contributed by atoms with van der Waals surface area (Å²) in [5, 5.41) is 0. The predicted octanol–water partition coefficient (Wildman–Crippen LogP) is 1.75. The standard InChI is InChI=1S/C15H15FN2O3S/c1-18(10-12-4-2-3-5-14(12)16)22(20,21)13-8-6-11(7-9-13)15(17)19/h2-9H,10H2,1H3,(H2,17,19). The van der Waals surface area contributed by atoms with E-state index in [0.717, 1.165) is 4.31 Å². The van der Waals surface area contributed by atoms with Gasteiger partial charge in [0.25, 0.3) is 0 Å². The van der Waals surface area contributed by atoms with Gasteiger partial charge in [0.1, 0.15) is 5.82 Å². The van der Waals surface area contributed by atoms with Crippen molar-refractivity contribution >= 4 is 15.9 Å². The van der Waals surface area contributed by atoms with Crippen LogP contribution in [0.4, 0.5) is 4.39 Å². The van der Waals surface area contributed by atoms with Gasteiger partial charge in [0.15, 0.2) is 0 Å². The lowest BCUT2D eigenvalue weighted by Gasteiger charge is -2.17. The SMILES string of the molecule is CN(Cc1ccccc1F)S(=O)(=O)c1ccc(C(N)=O)cc1. The summed E-state index contributed by atoms with van der Waals surface area (Å²) >= 11 is 0. The molecule has 0 fully saturated rings. The molecular formula is C15H15FN2O3S. The van der Waals surface area contributed by atoms with E-state index < -0.39 is 21.7 Å². The van der Waals surface area contributed by atoms with Crippen LogP contribution in [0, 0.1) is 5.82 Å². The molecule has 0 aliphatic carbocycles. The van der Waals surface area contributed by atoms with E-state index in [4.69, 9.17) is 5.73 Å². The van der Waals surface area contributed by atoms with E-state index in [0.29, 0.717) is 0 Å². The molecule has 0 atom stereocenters. The molecule has 0 saturated carbocycles. The van der Waals surface area contributed by atoms with Crippen molar-refractivity contribution in [3.8, 4) is 0 Å². The van der Waals surface area contributed by atoms with Gasteiger partial charge in [0.2, 0.25) is 15.9 Å². The molecule has 0 saturated heterocycles. The highest BCUT2D eigenvalue weighted by molar-refractivity contribution is 7.89. The van der Waals surface area contributed by atoms with Gasteiger partial charge >= 0.3 is 0 Å². The average Bonchev–Trinajstić information content (AvgIpc) is 2.49. The molecule has 0 aliphatic heterocycles. The van der Waals surface area contributed by atoms with Gasteiger partial charge in [-0.2, -0.15) is 4.31 Å². The second kappa shape index (κ2) is 6.25. The van der Waals surface area contributed by atoms with Crippen LogP contribution in [0.3, 0.4) is 0 Å². The molecule has 1 amide bonds. The van der Waals surface area contributed by atoms with Crippen molar-refractivity contribution in [2.75, 3.05) is 7.05 Å². The number of hydrogen-bond donors (Lipinski definition) is 1. The molecule has 0 spiro atoms. The average molecular weight is 322 g/mol. The van der Waals surface area contributed by atoms with Gasteiger partial charge in [-0.3, -0.25) is 4.79 Å². The zero-order valence-electron chi connectivity index (χ0n) is 11.9. The Kier molecular flexibility index (Phi) is 4.58. The van der Waals surface area contributed by atoms with Crippen molar-refractivity contribution < 1.29 is 17.6 Å². The third-order valence-electron chi connectivity index (χ3n) is 3.20. The summed E-state index contributed by atoms with van der Waals surface area (Å²) in [6.07, 6.45) is 0. The van der Waals surface area contributed by atoms with Crippen LogP contribution in [0.25, 0.3) is 0 Å². The summed E-state index contributed by atoms with van der Waals surface area (Å²) in [7, 11) is -2.42. The Morgan fingerprint density at radius 1 is 1.14 bits per heavy atom. The van der Waals surface area contributed by atoms with Gasteiger partial charge in [0, 0.05) is 24.7 Å². The van der Waals surface area contributed by atoms with Crippen LogP contribution in [-0.4, -0.2) is 25.7 Å². The van der Waals surface area contributed by atoms with Crippen molar-refractivity contribution in [1.82, 2.24) is 4.31 Å². The number of amides is 1. The summed E-state index contributed by atoms with van der Waals surface area (Å²) in [6.45, 7) is -0.0907. The molecule has 2 aromatic carbocycles. The van der Waals surface area contributed by atoms with E-state index in [-0.39, 0.29) is 22.6 Å². The van der Waals surface area contributed by atoms with Crippen LogP contribution >= 0.6 is 0 Å². The number of nitrogens with two attached hydrogens (primary N) is 1. The molecule has 2 aromatic rings. The number of carbonyl (C=O) groups is 1. The molecule has 0 aromatic heterocycles. The van der Waals surface area contributed by atoms with Crippen molar-refractivity contribution in [2.45, 2.75) is 11.4 Å². The van der Waals surface area contributed by atoms with Crippen LogP contribution in [0.15, 0.2) is 53.4 Å². The Morgan fingerprint density at radius 2 is 1.73 bits per heavy atom. The van der Waals surface area contributed by atoms with Crippen LogP contribution in [0.1, 0.15) is 15.9 Å². The summed E-state index contributed by atoms with van der Waals surface area (Å²) < 4.78 is 39.5. The largest absolute Gasteiger partial charge is 0.366 e. The Hall–Kier alpha value is -2.25. The third-order valence-corrected chi connectivity index (χ3v) is 5.02. The van der Waals surface area contributed by atoms with Gasteiger partial charge in [0.05, 0.1) is 4.90 Å². The highest BCUT2D eigenvalue weighted by Crippen LogP contribution is 2.18. The van der Waals surface area contributed by atoms with Crippen molar-refractivity contribution in [3.63, 3.8) is 0 Å². The first-order valence-corrected chi connectivity index (χ1v) is 7.86. The molecule has 2 rings (SSSR count). The zero-order chi connectivity index (χ0) is 16.3. The first-order chi connectivity index (χ1) is 10.3. The predicted molar refractivity (Wildman–Crippen MR) is 80.0 cm³/mol. The normalized spacial score (nSPS) is 11.6. The van der Waals surface area contributed by atoms with Gasteiger partial charge < -0.3 is 5.73 Å². The van der Waals surface area contributed by atoms with Crippen LogP contribution in [0.2, 0.25) is 0 Å². The summed E-state index contributed by atoms with van der Waals surface area (Å²) in [6, 6.07) is 11.3. The number of carbonyl (C=O) groups excluding carboxylic acids is 1. The lowest BCUT2D eigenvalue weighted by Crippen LogP contribution is -2.27. The van der Waals surface area contributed by atoms with E-state index in [9.17, 15) is 17.6 Å². The lowest BCUT2D eigenvalue weighted by atomic mass is 10.2. The number of benzene rings is 2. The fourth-order valence-corrected chi connectivity index (χ4v) is 3.07. The number of hydrogen-bond acceptors (Lipinski definition) is 3. The lowest BCUT2D eigenvalue weighted by molar-refractivity contribution is 0.1000. The Bertz CT molecular complexity index is 789. The molecule has 0 heterocycles. The van der Waals surface area contributed by atoms with Crippen LogP contribution in [0.5, 0.6) is 0 Å². The Balaban J connectivity index is 2.26. The molecule has 0 unspecified atom stereocenters. The maximum atomic E-state index is 13.6. The fourth-order valence-electron chi connectivity index (χ4n) is 1.92. The van der Waals surface area contributed by atoms with E-state index in [2.05, 4.69) is 0 Å². The fraction of sp³-hybridized carbons (Fsp3) is 0.133. The smallest absolute Gasteiger partial charge is 0.248 e. The number of halogens is 1. The molecule has 22 heavy (non-hydrogen) atoms. The molecular weight excluding hydrogens is 307 g/mol. The maximum Gasteiger partial charge on any atom is 0.248 e. The van der Waals surface area contributed by atoms with E-state index in [1.807, 2.05) is 0 Å². The molecule has 5 nitrogen and oxygen atoms in total. The van der Waals surface area contributed by atoms with Gasteiger partial charge in [-0.1, -0.05) is 18.2 Å². The number of nitrogens with zero attached hydrogens (tertiary/aromatic N) is 1. The molecule has 116 valence electrons. The van der Waals surface area contributed by atoms with Gasteiger partial charge in [-0.15, -0.1) is 0 Å². The third kappa shape index (κ3) is 3.32. The van der Waals surface area contributed by atoms with Crippen LogP contribution in [-0.2, 0) is 16.6 Å². The first kappa shape index (κ1) is 16.1. The number of primary amides is 1. The zero-order valence-corrected chi connectivity index (χ0v) is 12.7. The summed E-state index contributed by atoms with van der Waals surface area (Å²) in [4.78, 5) is 11.0. The second-order valence-corrected chi connectivity index (χ2v) is 6.79. The quantitative estimate of drug-likeness (QED) is 0.910. The van der Waals surface area contributed by atoms with Gasteiger partial charge in [-0.25, -0.2) is 12.8 Å². The highest BCUT2D eigenvalue weighted by atomic mass is 32.2. The van der Waals surface area contributed by atoms with Gasteiger partial charge in [-0.05, 0) is 30.3 Å². The topological polar surface area (TPSA) is 80.5 Å². The molecule has 2 N–H and O–H groups in total. The summed E-state index contributed by atoms with van der Waals surface area (Å²) in [5.41, 5.74) is 5.61. The number of rotatable bonds is 5. The molecule has 0 bridgehead atoms. The van der Waals surface area contributed by atoms with E-state index in [1.54, 1.807) is 6.07 Å². The minimum absolute atomic E-state index is 0.0105. The maximum absolute atomic E-state index is 13.6. The monoisotopic (exact) mass is 322 g/mol. The molecule has 0 aliphatic rings. The van der Waals surface area contributed by atoms with Crippen molar-refractivity contribution in [2.24, 2.45) is 5.73 Å². The number of sulfonamides is 1. The second-order valence-electron chi connectivity index (χ2n) is 4.74. The molecule has 7 heteroatoms. The van der Waals surface area contributed by atoms with Crippen molar-refractivity contribution in [1.29, 1.82) is 0 Å². The minimum atomic E-state index is -3.78. The first-order valence-electron chi connectivity index (χ1n) is 6.42.